The lowest BCUT2D eigenvalue weighted by Gasteiger charge is -1.97. The summed E-state index contributed by atoms with van der Waals surface area (Å²) in [5.74, 6) is 2.08. The largest absolute Gasteiger partial charge is 0.507 e. The van der Waals surface area contributed by atoms with E-state index in [1.807, 2.05) is 0 Å². The molecule has 5 heteroatoms. The van der Waals surface area contributed by atoms with Gasteiger partial charge in [0, 0.05) is 6.61 Å². The Morgan fingerprint density at radius 2 is 2.27 bits per heavy atom. The number of alkyl halides is 1. The van der Waals surface area contributed by atoms with Gasteiger partial charge in [0.2, 0.25) is 4.11 Å². The molecule has 0 aromatic rings. The van der Waals surface area contributed by atoms with E-state index in [9.17, 15) is 4.79 Å². The van der Waals surface area contributed by atoms with Crippen molar-refractivity contribution in [2.45, 2.75) is 11.0 Å². The van der Waals surface area contributed by atoms with Crippen LogP contribution in [0.15, 0.2) is 0 Å². The fraction of sp³-hybridized carbons (Fsp3) is 0.500. The van der Waals surface area contributed by atoms with Crippen molar-refractivity contribution in [2.75, 3.05) is 6.61 Å². The summed E-state index contributed by atoms with van der Waals surface area (Å²) in [7, 11) is 0. The molecule has 0 aromatic heterocycles. The molecule has 0 spiro atoms. The minimum atomic E-state index is -1.35. The number of hydrogen-bond donors (Lipinski definition) is 2. The van der Waals surface area contributed by atoms with Crippen molar-refractivity contribution in [1.29, 1.82) is 0 Å². The summed E-state index contributed by atoms with van der Waals surface area (Å²) >= 11 is 1.68. The number of terminal acetylenes is 1. The summed E-state index contributed by atoms with van der Waals surface area (Å²) in [5, 5.41) is 15.5. The Morgan fingerprint density at radius 3 is 2.36 bits per heavy atom. The van der Waals surface area contributed by atoms with Crippen LogP contribution in [-0.4, -0.2) is 27.1 Å². The van der Waals surface area contributed by atoms with Crippen LogP contribution in [0.25, 0.3) is 0 Å². The molecule has 1 atom stereocenters. The third-order valence-electron chi connectivity index (χ3n) is 0.335. The highest BCUT2D eigenvalue weighted by Gasteiger charge is 2.02. The third-order valence-corrected chi connectivity index (χ3v) is 0.949. The molecule has 0 saturated heterocycles. The molecule has 0 heterocycles. The highest BCUT2D eigenvalue weighted by Crippen LogP contribution is 1.99. The molecular weight excluding hydrogens is 263 g/mol. The van der Waals surface area contributed by atoms with E-state index in [-0.39, 0.29) is 6.61 Å². The van der Waals surface area contributed by atoms with Gasteiger partial charge in [0.25, 0.3) is 0 Å². The van der Waals surface area contributed by atoms with Crippen LogP contribution >= 0.6 is 22.6 Å². The molecule has 0 aromatic carbocycles. The van der Waals surface area contributed by atoms with Gasteiger partial charge in [0.1, 0.15) is 0 Å². The summed E-state index contributed by atoms with van der Waals surface area (Å²) in [5.41, 5.74) is 0. The zero-order valence-electron chi connectivity index (χ0n) is 5.95. The van der Waals surface area contributed by atoms with Crippen molar-refractivity contribution in [3.8, 4) is 12.3 Å². The van der Waals surface area contributed by atoms with E-state index in [0.29, 0.717) is 0 Å². The van der Waals surface area contributed by atoms with Gasteiger partial charge in [-0.15, -0.1) is 6.42 Å². The van der Waals surface area contributed by atoms with Gasteiger partial charge in [-0.2, -0.15) is 0 Å². The van der Waals surface area contributed by atoms with Crippen molar-refractivity contribution < 1.29 is 19.7 Å². The maximum Gasteiger partial charge on any atom is 0.507 e. The molecule has 4 nitrogen and oxygen atoms in total. The summed E-state index contributed by atoms with van der Waals surface area (Å²) in [6, 6.07) is 0. The molecule has 0 rings (SSSR count). The van der Waals surface area contributed by atoms with Crippen molar-refractivity contribution >= 4 is 28.7 Å². The maximum absolute atomic E-state index is 9.65. The highest BCUT2D eigenvalue weighted by atomic mass is 127. The Morgan fingerprint density at radius 1 is 1.91 bits per heavy atom. The van der Waals surface area contributed by atoms with Crippen LogP contribution in [0, 0.1) is 12.3 Å². The normalized spacial score (nSPS) is 10.0. The topological polar surface area (TPSA) is 66.8 Å². The lowest BCUT2D eigenvalue weighted by molar-refractivity contribution is 0.0992. The van der Waals surface area contributed by atoms with E-state index >= 15 is 0 Å². The predicted octanol–water partition coefficient (Wildman–Crippen LogP) is 1.07. The lowest BCUT2D eigenvalue weighted by atomic mass is 10.8. The summed E-state index contributed by atoms with van der Waals surface area (Å²) in [4.78, 5) is 9.65. The van der Waals surface area contributed by atoms with Crippen molar-refractivity contribution in [3.05, 3.63) is 0 Å². The van der Waals surface area contributed by atoms with Crippen LogP contribution in [-0.2, 0) is 4.74 Å². The Bertz CT molecular complexity index is 140. The standard InChI is InChI=1S/C4H3IO3.C2H6O/c1-2-3(5)8-4(6)7;1-2-3/h1,3H,(H,6,7);3H,2H2,1H3. The first-order chi connectivity index (χ1) is 5.08. The van der Waals surface area contributed by atoms with E-state index in [4.69, 9.17) is 16.6 Å². The van der Waals surface area contributed by atoms with Gasteiger partial charge in [-0.05, 0) is 29.5 Å². The molecule has 0 bridgehead atoms. The zero-order valence-corrected chi connectivity index (χ0v) is 8.11. The minimum absolute atomic E-state index is 0.250. The zero-order chi connectivity index (χ0) is 9.28. The van der Waals surface area contributed by atoms with E-state index in [1.54, 1.807) is 29.5 Å². The van der Waals surface area contributed by atoms with Crippen molar-refractivity contribution in [3.63, 3.8) is 0 Å². The minimum Gasteiger partial charge on any atom is -0.450 e. The lowest BCUT2D eigenvalue weighted by Crippen LogP contribution is -2.06. The van der Waals surface area contributed by atoms with Crippen molar-refractivity contribution in [1.82, 2.24) is 0 Å². The summed E-state index contributed by atoms with van der Waals surface area (Å²) in [6.07, 6.45) is 3.43. The molecule has 0 radical (unpaired) electrons. The van der Waals surface area contributed by atoms with Gasteiger partial charge in [-0.1, -0.05) is 5.92 Å². The SMILES string of the molecule is C#CC(I)OC(=O)O.CCO. The number of carbonyl (C=O) groups is 1. The van der Waals surface area contributed by atoms with Gasteiger partial charge in [-0.25, -0.2) is 4.79 Å². The average molecular weight is 272 g/mol. The smallest absolute Gasteiger partial charge is 0.450 e. The second-order valence-corrected chi connectivity index (χ2v) is 2.31. The number of aliphatic hydroxyl groups is 1. The molecule has 0 aliphatic carbocycles. The Kier molecular flexibility index (Phi) is 11.4. The predicted molar refractivity (Wildman–Crippen MR) is 48.5 cm³/mol. The monoisotopic (exact) mass is 272 g/mol. The molecular formula is C6H9IO4. The van der Waals surface area contributed by atoms with Gasteiger partial charge in [0.05, 0.1) is 0 Å². The van der Waals surface area contributed by atoms with E-state index in [2.05, 4.69) is 10.7 Å². The Labute approximate surface area is 78.7 Å². The van der Waals surface area contributed by atoms with E-state index in [1.165, 1.54) is 0 Å². The van der Waals surface area contributed by atoms with Crippen LogP contribution in [0.4, 0.5) is 4.79 Å². The van der Waals surface area contributed by atoms with Crippen LogP contribution < -0.4 is 0 Å². The molecule has 0 aliphatic rings. The molecule has 2 N–H and O–H groups in total. The van der Waals surface area contributed by atoms with Crippen LogP contribution in [0.2, 0.25) is 0 Å². The van der Waals surface area contributed by atoms with Gasteiger partial charge in [-0.3, -0.25) is 0 Å². The number of rotatable bonds is 1. The molecule has 0 saturated carbocycles. The summed E-state index contributed by atoms with van der Waals surface area (Å²) in [6.45, 7) is 1.93. The van der Waals surface area contributed by atoms with Gasteiger partial charge >= 0.3 is 6.16 Å². The first-order valence-corrected chi connectivity index (χ1v) is 3.93. The second kappa shape index (κ2) is 9.52. The van der Waals surface area contributed by atoms with Crippen LogP contribution in [0.5, 0.6) is 0 Å². The number of halogens is 1. The van der Waals surface area contributed by atoms with Gasteiger partial charge in [0.15, 0.2) is 0 Å². The third kappa shape index (κ3) is 17.7. The van der Waals surface area contributed by atoms with Crippen molar-refractivity contribution in [2.24, 2.45) is 0 Å². The van der Waals surface area contributed by atoms with E-state index < -0.39 is 10.3 Å². The quantitative estimate of drug-likeness (QED) is 0.324. The fourth-order valence-corrected chi connectivity index (χ4v) is 0.340. The molecule has 0 amide bonds. The average Bonchev–Trinajstić information content (AvgIpc) is 1.88. The number of ether oxygens (including phenoxy) is 1. The number of hydrogen-bond acceptors (Lipinski definition) is 3. The highest BCUT2D eigenvalue weighted by molar-refractivity contribution is 14.1. The second-order valence-electron chi connectivity index (χ2n) is 1.18. The first-order valence-electron chi connectivity index (χ1n) is 2.69. The molecule has 0 fully saturated rings. The number of aliphatic hydroxyl groups excluding tert-OH is 1. The molecule has 0 aliphatic heterocycles. The molecule has 11 heavy (non-hydrogen) atoms. The van der Waals surface area contributed by atoms with Gasteiger partial charge < -0.3 is 14.9 Å². The number of carboxylic acid groups (broad SMARTS) is 1. The maximum atomic E-state index is 9.65. The Balaban J connectivity index is 0. The van der Waals surface area contributed by atoms with Crippen LogP contribution in [0.1, 0.15) is 6.92 Å². The molecule has 1 unspecified atom stereocenters. The van der Waals surface area contributed by atoms with E-state index in [0.717, 1.165) is 0 Å². The fourth-order valence-electron chi connectivity index (χ4n) is 0.123. The van der Waals surface area contributed by atoms with Crippen LogP contribution in [0.3, 0.4) is 0 Å². The Hall–Kier alpha value is -0.480. The summed E-state index contributed by atoms with van der Waals surface area (Å²) < 4.78 is 3.39. The molecule has 64 valence electrons. The first kappa shape index (κ1) is 13.1.